The second-order valence-electron chi connectivity index (χ2n) is 5.55. The molecule has 0 saturated heterocycles. The number of fused-ring (bicyclic) bond motifs is 1. The Morgan fingerprint density at radius 1 is 1.38 bits per heavy atom. The lowest BCUT2D eigenvalue weighted by Gasteiger charge is -2.39. The van der Waals surface area contributed by atoms with Gasteiger partial charge in [-0.2, -0.15) is 0 Å². The molecular weight excluding hydrogens is 270 g/mol. The van der Waals surface area contributed by atoms with E-state index in [4.69, 9.17) is 4.74 Å². The number of benzene rings is 1. The number of ether oxygens (including phenoxy) is 1. The minimum absolute atomic E-state index is 0.269. The fourth-order valence-corrected chi connectivity index (χ4v) is 2.64. The van der Waals surface area contributed by atoms with Crippen LogP contribution in [0.25, 0.3) is 0 Å². The average Bonchev–Trinajstić information content (AvgIpc) is 2.52. The highest BCUT2D eigenvalue weighted by Crippen LogP contribution is 2.28. The summed E-state index contributed by atoms with van der Waals surface area (Å²) in [5, 5.41) is 9.46. The van der Waals surface area contributed by atoms with Crippen molar-refractivity contribution in [3.05, 3.63) is 35.4 Å². The molecule has 1 aliphatic rings. The van der Waals surface area contributed by atoms with Gasteiger partial charge in [-0.3, -0.25) is 4.79 Å². The Hall–Kier alpha value is -1.88. The zero-order valence-electron chi connectivity index (χ0n) is 12.6. The van der Waals surface area contributed by atoms with Crippen LogP contribution in [-0.2, 0) is 27.3 Å². The molecule has 1 aliphatic heterocycles. The quantitative estimate of drug-likeness (QED) is 0.919. The van der Waals surface area contributed by atoms with E-state index in [9.17, 15) is 14.7 Å². The SMILES string of the molecule is CCC(C)(OC)C(=O)N1Cc2ccccc2C[C@@H]1C(=O)O. The van der Waals surface area contributed by atoms with Crippen molar-refractivity contribution in [1.82, 2.24) is 4.90 Å². The molecule has 2 rings (SSSR count). The van der Waals surface area contributed by atoms with Crippen LogP contribution in [-0.4, -0.2) is 40.6 Å². The van der Waals surface area contributed by atoms with Gasteiger partial charge in [0.05, 0.1) is 0 Å². The molecule has 5 nitrogen and oxygen atoms in total. The highest BCUT2D eigenvalue weighted by Gasteiger charge is 2.42. The van der Waals surface area contributed by atoms with E-state index in [2.05, 4.69) is 0 Å². The minimum atomic E-state index is -0.986. The maximum Gasteiger partial charge on any atom is 0.326 e. The van der Waals surface area contributed by atoms with Crippen molar-refractivity contribution >= 4 is 11.9 Å². The number of carboxylic acids is 1. The number of hydrogen-bond donors (Lipinski definition) is 1. The summed E-state index contributed by atoms with van der Waals surface area (Å²) in [5.74, 6) is -1.25. The first kappa shape index (κ1) is 15.5. The summed E-state index contributed by atoms with van der Waals surface area (Å²) in [6, 6.07) is 6.80. The van der Waals surface area contributed by atoms with Crippen molar-refractivity contribution in [2.75, 3.05) is 7.11 Å². The van der Waals surface area contributed by atoms with Gasteiger partial charge in [0.25, 0.3) is 5.91 Å². The van der Waals surface area contributed by atoms with E-state index < -0.39 is 17.6 Å². The van der Waals surface area contributed by atoms with Gasteiger partial charge in [-0.1, -0.05) is 31.2 Å². The van der Waals surface area contributed by atoms with Gasteiger partial charge >= 0.3 is 5.97 Å². The molecule has 0 spiro atoms. The topological polar surface area (TPSA) is 66.8 Å². The molecule has 1 amide bonds. The van der Waals surface area contributed by atoms with Crippen LogP contribution in [0.15, 0.2) is 24.3 Å². The molecule has 1 aromatic carbocycles. The molecule has 1 heterocycles. The highest BCUT2D eigenvalue weighted by molar-refractivity contribution is 5.89. The van der Waals surface area contributed by atoms with Crippen LogP contribution in [0.4, 0.5) is 0 Å². The van der Waals surface area contributed by atoms with Crippen LogP contribution in [0.5, 0.6) is 0 Å². The third-order valence-electron chi connectivity index (χ3n) is 4.37. The summed E-state index contributed by atoms with van der Waals surface area (Å²) in [4.78, 5) is 25.7. The van der Waals surface area contributed by atoms with Crippen LogP contribution in [0.1, 0.15) is 31.4 Å². The molecule has 21 heavy (non-hydrogen) atoms. The van der Waals surface area contributed by atoms with Crippen molar-refractivity contribution in [1.29, 1.82) is 0 Å². The first-order valence-electron chi connectivity index (χ1n) is 7.08. The molecule has 0 aromatic heterocycles. The number of rotatable bonds is 4. The number of carbonyl (C=O) groups is 2. The fraction of sp³-hybridized carbons (Fsp3) is 0.500. The summed E-state index contributed by atoms with van der Waals surface area (Å²) >= 11 is 0. The van der Waals surface area contributed by atoms with Crippen molar-refractivity contribution in [2.45, 2.75) is 44.9 Å². The second kappa shape index (κ2) is 5.85. The number of nitrogens with zero attached hydrogens (tertiary/aromatic N) is 1. The van der Waals surface area contributed by atoms with Gasteiger partial charge in [0.15, 0.2) is 0 Å². The summed E-state index contributed by atoms with van der Waals surface area (Å²) in [6.45, 7) is 3.87. The molecule has 1 aromatic rings. The third kappa shape index (κ3) is 2.78. The van der Waals surface area contributed by atoms with Crippen LogP contribution in [0.2, 0.25) is 0 Å². The molecule has 114 valence electrons. The fourth-order valence-electron chi connectivity index (χ4n) is 2.64. The zero-order chi connectivity index (χ0) is 15.6. The molecule has 0 radical (unpaired) electrons. The van der Waals surface area contributed by atoms with Crippen molar-refractivity contribution in [2.24, 2.45) is 0 Å². The summed E-state index contributed by atoms with van der Waals surface area (Å²) in [5.41, 5.74) is 1.00. The van der Waals surface area contributed by atoms with E-state index in [-0.39, 0.29) is 5.91 Å². The molecule has 0 aliphatic carbocycles. The highest BCUT2D eigenvalue weighted by atomic mass is 16.5. The standard InChI is InChI=1S/C16H21NO4/c1-4-16(2,21-3)15(20)17-10-12-8-6-5-7-11(12)9-13(17)14(18)19/h5-8,13H,4,9-10H2,1-3H3,(H,18,19)/t13-,16?/m1/s1. The van der Waals surface area contributed by atoms with Gasteiger partial charge in [-0.15, -0.1) is 0 Å². The molecule has 2 atom stereocenters. The summed E-state index contributed by atoms with van der Waals surface area (Å²) in [7, 11) is 1.48. The Bertz CT molecular complexity index is 551. The largest absolute Gasteiger partial charge is 0.480 e. The zero-order valence-corrected chi connectivity index (χ0v) is 12.6. The van der Waals surface area contributed by atoms with Crippen molar-refractivity contribution in [3.63, 3.8) is 0 Å². The molecule has 1 N–H and O–H groups in total. The first-order chi connectivity index (χ1) is 9.92. The van der Waals surface area contributed by atoms with E-state index in [0.29, 0.717) is 19.4 Å². The van der Waals surface area contributed by atoms with Gasteiger partial charge in [-0.25, -0.2) is 4.79 Å². The summed E-state index contributed by atoms with van der Waals surface area (Å²) < 4.78 is 5.33. The average molecular weight is 291 g/mol. The monoisotopic (exact) mass is 291 g/mol. The number of carbonyl (C=O) groups excluding carboxylic acids is 1. The normalized spacial score (nSPS) is 20.5. The maximum absolute atomic E-state index is 12.7. The second-order valence-corrected chi connectivity index (χ2v) is 5.55. The predicted molar refractivity (Wildman–Crippen MR) is 77.8 cm³/mol. The Morgan fingerprint density at radius 2 is 2.00 bits per heavy atom. The Balaban J connectivity index is 2.37. The van der Waals surface area contributed by atoms with Crippen LogP contribution >= 0.6 is 0 Å². The lowest BCUT2D eigenvalue weighted by atomic mass is 9.91. The van der Waals surface area contributed by atoms with Gasteiger partial charge in [0.2, 0.25) is 0 Å². The number of carboxylic acid groups (broad SMARTS) is 1. The van der Waals surface area contributed by atoms with E-state index in [1.165, 1.54) is 12.0 Å². The van der Waals surface area contributed by atoms with Crippen LogP contribution in [0, 0.1) is 0 Å². The van der Waals surface area contributed by atoms with E-state index in [1.54, 1.807) is 6.92 Å². The molecule has 5 heteroatoms. The van der Waals surface area contributed by atoms with Crippen LogP contribution < -0.4 is 0 Å². The van der Waals surface area contributed by atoms with Crippen molar-refractivity contribution in [3.8, 4) is 0 Å². The lowest BCUT2D eigenvalue weighted by Crippen LogP contribution is -2.56. The van der Waals surface area contributed by atoms with E-state index in [0.717, 1.165) is 11.1 Å². The van der Waals surface area contributed by atoms with Gasteiger partial charge in [-0.05, 0) is 24.5 Å². The molecule has 0 saturated carbocycles. The van der Waals surface area contributed by atoms with E-state index in [1.807, 2.05) is 31.2 Å². The lowest BCUT2D eigenvalue weighted by molar-refractivity contribution is -0.164. The number of methoxy groups -OCH3 is 1. The van der Waals surface area contributed by atoms with Crippen molar-refractivity contribution < 1.29 is 19.4 Å². The van der Waals surface area contributed by atoms with Gasteiger partial charge < -0.3 is 14.7 Å². The first-order valence-corrected chi connectivity index (χ1v) is 7.08. The summed E-state index contributed by atoms with van der Waals surface area (Å²) in [6.07, 6.45) is 0.827. The maximum atomic E-state index is 12.7. The number of hydrogen-bond acceptors (Lipinski definition) is 3. The van der Waals surface area contributed by atoms with Gasteiger partial charge in [0, 0.05) is 20.1 Å². The Kier molecular flexibility index (Phi) is 4.32. The number of aliphatic carboxylic acids is 1. The minimum Gasteiger partial charge on any atom is -0.480 e. The number of amides is 1. The predicted octanol–water partition coefficient (Wildman–Crippen LogP) is 1.84. The smallest absolute Gasteiger partial charge is 0.326 e. The molecule has 1 unspecified atom stereocenters. The molecule has 0 fully saturated rings. The Morgan fingerprint density at radius 3 is 2.52 bits per heavy atom. The Labute approximate surface area is 124 Å². The van der Waals surface area contributed by atoms with Gasteiger partial charge in [0.1, 0.15) is 11.6 Å². The molecular formula is C16H21NO4. The third-order valence-corrected chi connectivity index (χ3v) is 4.37. The van der Waals surface area contributed by atoms with E-state index >= 15 is 0 Å². The molecule has 0 bridgehead atoms. The van der Waals surface area contributed by atoms with Crippen LogP contribution in [0.3, 0.4) is 0 Å².